The summed E-state index contributed by atoms with van der Waals surface area (Å²) >= 11 is 0. The van der Waals surface area contributed by atoms with Crippen molar-refractivity contribution in [2.24, 2.45) is 0 Å². The number of benzene rings is 2. The van der Waals surface area contributed by atoms with Crippen LogP contribution >= 0.6 is 0 Å². The standard InChI is InChI=1S/C20H24N2O3S/c1-3-15-5-11-18(12-6-15)26(24,25)22-17-9-7-16(8-10-17)20(13-14-20)19(23)21-4-2/h5-12,22H,3-4,13-14H2,1-2H3,(H,21,23). The van der Waals surface area contributed by atoms with E-state index in [1.165, 1.54) is 0 Å². The molecule has 2 aromatic rings. The molecular weight excluding hydrogens is 348 g/mol. The number of anilines is 1. The monoisotopic (exact) mass is 372 g/mol. The maximum Gasteiger partial charge on any atom is 0.261 e. The van der Waals surface area contributed by atoms with Crippen molar-refractivity contribution in [3.8, 4) is 0 Å². The SMILES string of the molecule is CCNC(=O)C1(c2ccc(NS(=O)(=O)c3ccc(CC)cc3)cc2)CC1. The summed E-state index contributed by atoms with van der Waals surface area (Å²) < 4.78 is 27.6. The number of likely N-dealkylation sites (N-methyl/N-ethyl adjacent to an activating group) is 1. The number of hydrogen-bond donors (Lipinski definition) is 2. The molecule has 2 N–H and O–H groups in total. The zero-order valence-electron chi connectivity index (χ0n) is 15.1. The summed E-state index contributed by atoms with van der Waals surface area (Å²) in [7, 11) is -3.63. The summed E-state index contributed by atoms with van der Waals surface area (Å²) in [5.74, 6) is 0.0457. The number of sulfonamides is 1. The van der Waals surface area contributed by atoms with Crippen molar-refractivity contribution < 1.29 is 13.2 Å². The van der Waals surface area contributed by atoms with Gasteiger partial charge >= 0.3 is 0 Å². The van der Waals surface area contributed by atoms with E-state index < -0.39 is 15.4 Å². The Bertz CT molecular complexity index is 884. The highest BCUT2D eigenvalue weighted by molar-refractivity contribution is 7.92. The van der Waals surface area contributed by atoms with E-state index in [2.05, 4.69) is 10.0 Å². The van der Waals surface area contributed by atoms with Gasteiger partial charge in [-0.3, -0.25) is 9.52 Å². The van der Waals surface area contributed by atoms with Crippen LogP contribution in [0.2, 0.25) is 0 Å². The topological polar surface area (TPSA) is 75.3 Å². The first-order valence-electron chi connectivity index (χ1n) is 8.92. The van der Waals surface area contributed by atoms with Gasteiger partial charge in [0.1, 0.15) is 0 Å². The van der Waals surface area contributed by atoms with E-state index in [1.807, 2.05) is 38.1 Å². The first-order chi connectivity index (χ1) is 12.4. The molecule has 6 heteroatoms. The molecule has 1 saturated carbocycles. The molecule has 1 aliphatic carbocycles. The van der Waals surface area contributed by atoms with E-state index in [0.717, 1.165) is 30.4 Å². The van der Waals surface area contributed by atoms with Gasteiger partial charge in [0.05, 0.1) is 10.3 Å². The Labute approximate surface area is 154 Å². The highest BCUT2D eigenvalue weighted by Gasteiger charge is 2.50. The molecule has 1 aliphatic rings. The van der Waals surface area contributed by atoms with Crippen molar-refractivity contribution in [3.63, 3.8) is 0 Å². The minimum atomic E-state index is -3.63. The van der Waals surface area contributed by atoms with Crippen molar-refractivity contribution in [1.29, 1.82) is 0 Å². The van der Waals surface area contributed by atoms with Crippen LogP contribution in [0.25, 0.3) is 0 Å². The Hall–Kier alpha value is -2.34. The number of carbonyl (C=O) groups excluding carboxylic acids is 1. The average molecular weight is 372 g/mol. The van der Waals surface area contributed by atoms with E-state index >= 15 is 0 Å². The third kappa shape index (κ3) is 3.60. The van der Waals surface area contributed by atoms with Gasteiger partial charge in [0, 0.05) is 12.2 Å². The van der Waals surface area contributed by atoms with Gasteiger partial charge in [-0.05, 0) is 61.6 Å². The lowest BCUT2D eigenvalue weighted by molar-refractivity contribution is -0.123. The largest absolute Gasteiger partial charge is 0.356 e. The number of amides is 1. The van der Waals surface area contributed by atoms with Gasteiger partial charge < -0.3 is 5.32 Å². The number of aryl methyl sites for hydroxylation is 1. The summed E-state index contributed by atoms with van der Waals surface area (Å²) in [6, 6.07) is 14.0. The quantitative estimate of drug-likeness (QED) is 0.784. The molecule has 0 aromatic heterocycles. The molecule has 0 bridgehead atoms. The fourth-order valence-electron chi connectivity index (χ4n) is 3.08. The van der Waals surface area contributed by atoms with E-state index in [-0.39, 0.29) is 10.8 Å². The van der Waals surface area contributed by atoms with Crippen LogP contribution in [0.15, 0.2) is 53.4 Å². The fourth-order valence-corrected chi connectivity index (χ4v) is 4.14. The van der Waals surface area contributed by atoms with Crippen molar-refractivity contribution >= 4 is 21.6 Å². The van der Waals surface area contributed by atoms with E-state index in [0.29, 0.717) is 12.2 Å². The predicted molar refractivity (Wildman–Crippen MR) is 103 cm³/mol. The zero-order valence-corrected chi connectivity index (χ0v) is 15.9. The molecule has 3 rings (SSSR count). The van der Waals surface area contributed by atoms with Gasteiger partial charge in [-0.15, -0.1) is 0 Å². The number of rotatable bonds is 7. The maximum atomic E-state index is 12.5. The normalized spacial score (nSPS) is 15.3. The van der Waals surface area contributed by atoms with E-state index in [9.17, 15) is 13.2 Å². The molecule has 0 atom stereocenters. The fraction of sp³-hybridized carbons (Fsp3) is 0.350. The van der Waals surface area contributed by atoms with Gasteiger partial charge in [-0.1, -0.05) is 31.2 Å². The molecule has 5 nitrogen and oxygen atoms in total. The first kappa shape index (κ1) is 18.5. The van der Waals surface area contributed by atoms with Crippen molar-refractivity contribution in [1.82, 2.24) is 5.32 Å². The Morgan fingerprint density at radius 2 is 1.62 bits per heavy atom. The van der Waals surface area contributed by atoms with Crippen molar-refractivity contribution in [3.05, 3.63) is 59.7 Å². The zero-order chi connectivity index (χ0) is 18.8. The minimum Gasteiger partial charge on any atom is -0.356 e. The second-order valence-electron chi connectivity index (χ2n) is 6.62. The maximum absolute atomic E-state index is 12.5. The summed E-state index contributed by atoms with van der Waals surface area (Å²) in [5.41, 5.74) is 2.07. The molecule has 138 valence electrons. The number of nitrogens with one attached hydrogen (secondary N) is 2. The van der Waals surface area contributed by atoms with Crippen LogP contribution in [0.3, 0.4) is 0 Å². The van der Waals surface area contributed by atoms with Gasteiger partial charge in [0.25, 0.3) is 10.0 Å². The molecule has 0 unspecified atom stereocenters. The molecular formula is C20H24N2O3S. The molecule has 0 saturated heterocycles. The molecule has 0 spiro atoms. The minimum absolute atomic E-state index is 0.0457. The van der Waals surface area contributed by atoms with Crippen LogP contribution in [0.5, 0.6) is 0 Å². The Balaban J connectivity index is 1.75. The van der Waals surface area contributed by atoms with Crippen LogP contribution in [-0.4, -0.2) is 20.9 Å². The highest BCUT2D eigenvalue weighted by atomic mass is 32.2. The summed E-state index contributed by atoms with van der Waals surface area (Å²) in [5, 5.41) is 2.88. The Kier molecular flexibility index (Phi) is 5.05. The lowest BCUT2D eigenvalue weighted by Crippen LogP contribution is -2.34. The third-order valence-corrected chi connectivity index (χ3v) is 6.25. The van der Waals surface area contributed by atoms with E-state index in [4.69, 9.17) is 0 Å². The summed E-state index contributed by atoms with van der Waals surface area (Å²) in [4.78, 5) is 12.5. The van der Waals surface area contributed by atoms with Crippen LogP contribution in [0, 0.1) is 0 Å². The molecule has 2 aromatic carbocycles. The molecule has 26 heavy (non-hydrogen) atoms. The second-order valence-corrected chi connectivity index (χ2v) is 8.30. The third-order valence-electron chi connectivity index (χ3n) is 4.85. The van der Waals surface area contributed by atoms with Gasteiger partial charge in [0.2, 0.25) is 5.91 Å². The van der Waals surface area contributed by atoms with Crippen molar-refractivity contribution in [2.75, 3.05) is 11.3 Å². The van der Waals surface area contributed by atoms with Gasteiger partial charge in [-0.25, -0.2) is 8.42 Å². The number of hydrogen-bond acceptors (Lipinski definition) is 3. The van der Waals surface area contributed by atoms with Crippen LogP contribution in [0.4, 0.5) is 5.69 Å². The Morgan fingerprint density at radius 1 is 1.00 bits per heavy atom. The van der Waals surface area contributed by atoms with Crippen LogP contribution < -0.4 is 10.0 Å². The number of carbonyl (C=O) groups is 1. The predicted octanol–water partition coefficient (Wildman–Crippen LogP) is 3.22. The molecule has 0 radical (unpaired) electrons. The molecule has 0 aliphatic heterocycles. The van der Waals surface area contributed by atoms with Crippen LogP contribution in [0.1, 0.15) is 37.8 Å². The van der Waals surface area contributed by atoms with E-state index in [1.54, 1.807) is 24.3 Å². The average Bonchev–Trinajstić information content (AvgIpc) is 3.44. The molecule has 1 amide bonds. The second kappa shape index (κ2) is 7.11. The lowest BCUT2D eigenvalue weighted by atomic mass is 9.95. The molecule has 1 fully saturated rings. The first-order valence-corrected chi connectivity index (χ1v) is 10.4. The van der Waals surface area contributed by atoms with Gasteiger partial charge in [0.15, 0.2) is 0 Å². The molecule has 0 heterocycles. The summed E-state index contributed by atoms with van der Waals surface area (Å²) in [6.45, 7) is 4.53. The highest BCUT2D eigenvalue weighted by Crippen LogP contribution is 2.48. The van der Waals surface area contributed by atoms with Crippen molar-refractivity contribution in [2.45, 2.75) is 43.4 Å². The van der Waals surface area contributed by atoms with Crippen LogP contribution in [-0.2, 0) is 26.7 Å². The summed E-state index contributed by atoms with van der Waals surface area (Å²) in [6.07, 6.45) is 2.52. The van der Waals surface area contributed by atoms with Gasteiger partial charge in [-0.2, -0.15) is 0 Å². The lowest BCUT2D eigenvalue weighted by Gasteiger charge is -2.16. The Morgan fingerprint density at radius 3 is 2.12 bits per heavy atom. The smallest absolute Gasteiger partial charge is 0.261 e.